The lowest BCUT2D eigenvalue weighted by Crippen LogP contribution is -2.30. The van der Waals surface area contributed by atoms with Crippen molar-refractivity contribution in [1.82, 2.24) is 20.2 Å². The normalized spacial score (nSPS) is 19.6. The van der Waals surface area contributed by atoms with Crippen molar-refractivity contribution in [2.24, 2.45) is 0 Å². The predicted octanol–water partition coefficient (Wildman–Crippen LogP) is -0.756. The molecule has 1 saturated heterocycles. The first-order valence-electron chi connectivity index (χ1n) is 2.77. The van der Waals surface area contributed by atoms with E-state index in [1.807, 2.05) is 0 Å². The largest absolute Gasteiger partial charge is 0.377 e. The van der Waals surface area contributed by atoms with Crippen LogP contribution in [0.4, 0.5) is 0 Å². The third kappa shape index (κ3) is 0.692. The van der Waals surface area contributed by atoms with Crippen LogP contribution >= 0.6 is 0 Å². The van der Waals surface area contributed by atoms with Gasteiger partial charge in [-0.25, -0.2) is 4.68 Å². The smallest absolute Gasteiger partial charge is 0.138 e. The van der Waals surface area contributed by atoms with E-state index >= 15 is 0 Å². The summed E-state index contributed by atoms with van der Waals surface area (Å²) in [5, 5.41) is 10.7. The maximum absolute atomic E-state index is 4.94. The lowest BCUT2D eigenvalue weighted by atomic mass is 10.3. The minimum Gasteiger partial charge on any atom is -0.377 e. The van der Waals surface area contributed by atoms with Crippen molar-refractivity contribution < 1.29 is 4.74 Å². The summed E-state index contributed by atoms with van der Waals surface area (Å²) in [7, 11) is 0. The van der Waals surface area contributed by atoms with Crippen LogP contribution in [0.3, 0.4) is 0 Å². The number of ether oxygens (including phenoxy) is 1. The Morgan fingerprint density at radius 3 is 2.89 bits per heavy atom. The fourth-order valence-corrected chi connectivity index (χ4v) is 0.712. The van der Waals surface area contributed by atoms with Crippen LogP contribution in [0.5, 0.6) is 0 Å². The van der Waals surface area contributed by atoms with Gasteiger partial charge in [0.25, 0.3) is 0 Å². The van der Waals surface area contributed by atoms with Gasteiger partial charge >= 0.3 is 0 Å². The Balaban J connectivity index is 2.14. The summed E-state index contributed by atoms with van der Waals surface area (Å²) in [5.74, 6) is 0. The van der Waals surface area contributed by atoms with E-state index in [1.54, 1.807) is 11.0 Å². The Kier molecular flexibility index (Phi) is 0.955. The quantitative estimate of drug-likeness (QED) is 0.496. The lowest BCUT2D eigenvalue weighted by Gasteiger charge is -2.24. The Labute approximate surface area is 51.6 Å². The molecule has 1 aliphatic heterocycles. The van der Waals surface area contributed by atoms with Gasteiger partial charge in [0.2, 0.25) is 0 Å². The van der Waals surface area contributed by atoms with Crippen LogP contribution in [0.25, 0.3) is 0 Å². The van der Waals surface area contributed by atoms with Gasteiger partial charge in [-0.2, -0.15) is 0 Å². The number of tetrazole rings is 1. The van der Waals surface area contributed by atoms with Gasteiger partial charge in [0.05, 0.1) is 13.2 Å². The fraction of sp³-hybridized carbons (Fsp3) is 0.750. The molecule has 0 N–H and O–H groups in total. The molecule has 5 heteroatoms. The van der Waals surface area contributed by atoms with Gasteiger partial charge in [-0.3, -0.25) is 0 Å². The molecule has 0 unspecified atom stereocenters. The molecule has 0 spiro atoms. The van der Waals surface area contributed by atoms with Gasteiger partial charge in [-0.1, -0.05) is 0 Å². The summed E-state index contributed by atoms with van der Waals surface area (Å²) >= 11 is 0. The molecular weight excluding hydrogens is 120 g/mol. The van der Waals surface area contributed by atoms with Crippen molar-refractivity contribution in [1.29, 1.82) is 0 Å². The maximum atomic E-state index is 4.94. The van der Waals surface area contributed by atoms with E-state index in [-0.39, 0.29) is 0 Å². The number of aromatic nitrogens is 4. The van der Waals surface area contributed by atoms with Gasteiger partial charge < -0.3 is 4.74 Å². The maximum Gasteiger partial charge on any atom is 0.138 e. The zero-order valence-electron chi connectivity index (χ0n) is 4.77. The minimum atomic E-state index is 0.375. The van der Waals surface area contributed by atoms with Gasteiger partial charge in [0.15, 0.2) is 0 Å². The first kappa shape index (κ1) is 4.87. The van der Waals surface area contributed by atoms with E-state index in [9.17, 15) is 0 Å². The van der Waals surface area contributed by atoms with Crippen LogP contribution in [-0.2, 0) is 4.74 Å². The van der Waals surface area contributed by atoms with E-state index in [4.69, 9.17) is 4.74 Å². The molecule has 0 radical (unpaired) electrons. The van der Waals surface area contributed by atoms with E-state index in [1.165, 1.54) is 0 Å². The summed E-state index contributed by atoms with van der Waals surface area (Å²) in [5.41, 5.74) is 0. The highest BCUT2D eigenvalue weighted by atomic mass is 16.5. The second kappa shape index (κ2) is 1.77. The van der Waals surface area contributed by atoms with Gasteiger partial charge in [0.1, 0.15) is 12.4 Å². The summed E-state index contributed by atoms with van der Waals surface area (Å²) in [4.78, 5) is 0. The zero-order valence-corrected chi connectivity index (χ0v) is 4.77. The number of nitrogens with zero attached hydrogens (tertiary/aromatic N) is 4. The average molecular weight is 126 g/mol. The molecule has 9 heavy (non-hydrogen) atoms. The van der Waals surface area contributed by atoms with E-state index in [0.717, 1.165) is 13.2 Å². The highest BCUT2D eigenvalue weighted by Gasteiger charge is 2.20. The third-order valence-corrected chi connectivity index (χ3v) is 1.36. The molecule has 0 bridgehead atoms. The van der Waals surface area contributed by atoms with Crippen LogP contribution in [0.15, 0.2) is 6.33 Å². The molecule has 0 saturated carbocycles. The molecule has 0 aliphatic carbocycles. The molecule has 2 rings (SSSR count). The van der Waals surface area contributed by atoms with Crippen molar-refractivity contribution in [3.05, 3.63) is 6.33 Å². The molecule has 2 heterocycles. The van der Waals surface area contributed by atoms with Crippen molar-refractivity contribution in [3.63, 3.8) is 0 Å². The van der Waals surface area contributed by atoms with E-state index < -0.39 is 0 Å². The highest BCUT2D eigenvalue weighted by Crippen LogP contribution is 2.13. The number of hydrogen-bond donors (Lipinski definition) is 0. The minimum absolute atomic E-state index is 0.375. The monoisotopic (exact) mass is 126 g/mol. The topological polar surface area (TPSA) is 52.8 Å². The Morgan fingerprint density at radius 1 is 1.56 bits per heavy atom. The molecule has 1 aromatic heterocycles. The van der Waals surface area contributed by atoms with Crippen LogP contribution in [0.2, 0.25) is 0 Å². The zero-order chi connectivity index (χ0) is 6.10. The molecule has 48 valence electrons. The highest BCUT2D eigenvalue weighted by molar-refractivity contribution is 4.70. The first-order valence-corrected chi connectivity index (χ1v) is 2.77. The number of hydrogen-bond acceptors (Lipinski definition) is 4. The van der Waals surface area contributed by atoms with Crippen LogP contribution in [-0.4, -0.2) is 33.4 Å². The second-order valence-electron chi connectivity index (χ2n) is 1.98. The molecule has 0 atom stereocenters. The molecule has 0 aromatic carbocycles. The molecule has 1 fully saturated rings. The van der Waals surface area contributed by atoms with Crippen LogP contribution in [0, 0.1) is 0 Å². The van der Waals surface area contributed by atoms with Crippen molar-refractivity contribution >= 4 is 0 Å². The molecule has 1 aliphatic rings. The van der Waals surface area contributed by atoms with Gasteiger partial charge in [-0.15, -0.1) is 5.10 Å². The summed E-state index contributed by atoms with van der Waals surface area (Å²) < 4.78 is 6.65. The first-order chi connectivity index (χ1) is 4.47. The fourth-order valence-electron chi connectivity index (χ4n) is 0.712. The molecule has 0 amide bonds. The Morgan fingerprint density at radius 2 is 2.44 bits per heavy atom. The molecular formula is C4H6N4O. The summed E-state index contributed by atoms with van der Waals surface area (Å²) in [6, 6.07) is 0.375. The summed E-state index contributed by atoms with van der Waals surface area (Å²) in [6.45, 7) is 1.48. The second-order valence-corrected chi connectivity index (χ2v) is 1.98. The van der Waals surface area contributed by atoms with Crippen molar-refractivity contribution in [2.45, 2.75) is 6.04 Å². The SMILES string of the molecule is c1nnnn1C1COC1. The van der Waals surface area contributed by atoms with Crippen LogP contribution < -0.4 is 0 Å². The van der Waals surface area contributed by atoms with Crippen LogP contribution in [0.1, 0.15) is 6.04 Å². The van der Waals surface area contributed by atoms with E-state index in [2.05, 4.69) is 15.5 Å². The van der Waals surface area contributed by atoms with E-state index in [0.29, 0.717) is 6.04 Å². The molecule has 5 nitrogen and oxygen atoms in total. The van der Waals surface area contributed by atoms with Gasteiger partial charge in [0, 0.05) is 0 Å². The lowest BCUT2D eigenvalue weighted by molar-refractivity contribution is -0.0294. The predicted molar refractivity (Wildman–Crippen MR) is 27.7 cm³/mol. The number of rotatable bonds is 1. The Hall–Kier alpha value is -0.970. The standard InChI is InChI=1S/C4H6N4O/c1-4(2-9-1)8-3-5-6-7-8/h3-4H,1-2H2. The molecule has 1 aromatic rings. The van der Waals surface area contributed by atoms with Crippen molar-refractivity contribution in [3.8, 4) is 0 Å². The summed E-state index contributed by atoms with van der Waals surface area (Å²) in [6.07, 6.45) is 1.60. The Bertz CT molecular complexity index is 180. The third-order valence-electron chi connectivity index (χ3n) is 1.36. The average Bonchev–Trinajstić information content (AvgIpc) is 2.11. The van der Waals surface area contributed by atoms with Crippen molar-refractivity contribution in [2.75, 3.05) is 13.2 Å². The van der Waals surface area contributed by atoms with Gasteiger partial charge in [-0.05, 0) is 10.4 Å².